The monoisotopic (exact) mass is 255 g/mol. The number of nitrogen functional groups attached to an aromatic ring is 1. The van der Waals surface area contributed by atoms with E-state index in [0.717, 1.165) is 16.9 Å². The fourth-order valence-corrected chi connectivity index (χ4v) is 2.20. The van der Waals surface area contributed by atoms with E-state index in [0.29, 0.717) is 11.5 Å². The second-order valence-corrected chi connectivity index (χ2v) is 4.45. The van der Waals surface area contributed by atoms with E-state index >= 15 is 0 Å². The Morgan fingerprint density at radius 3 is 3.00 bits per heavy atom. The third-order valence-electron chi connectivity index (χ3n) is 3.00. The molecule has 1 aromatic heterocycles. The van der Waals surface area contributed by atoms with Crippen molar-refractivity contribution in [2.75, 3.05) is 29.5 Å². The van der Waals surface area contributed by atoms with Gasteiger partial charge in [0.1, 0.15) is 12.0 Å². The van der Waals surface area contributed by atoms with Crippen LogP contribution in [-0.2, 0) is 4.79 Å². The smallest absolute Gasteiger partial charge is 0.245 e. The highest BCUT2D eigenvalue weighted by Crippen LogP contribution is 2.35. The molecule has 6 heteroatoms. The van der Waals surface area contributed by atoms with E-state index in [1.807, 2.05) is 36.2 Å². The second-order valence-electron chi connectivity index (χ2n) is 4.45. The summed E-state index contributed by atoms with van der Waals surface area (Å²) in [7, 11) is 1.84. The van der Waals surface area contributed by atoms with E-state index in [2.05, 4.69) is 15.3 Å². The van der Waals surface area contributed by atoms with Crippen LogP contribution in [0.25, 0.3) is 11.3 Å². The number of fused-ring (bicyclic) bond motifs is 1. The third kappa shape index (κ3) is 1.97. The maximum absolute atomic E-state index is 11.5. The van der Waals surface area contributed by atoms with Crippen molar-refractivity contribution >= 4 is 23.1 Å². The van der Waals surface area contributed by atoms with Gasteiger partial charge in [-0.3, -0.25) is 4.79 Å². The fourth-order valence-electron chi connectivity index (χ4n) is 2.20. The van der Waals surface area contributed by atoms with Crippen LogP contribution in [0.4, 0.5) is 17.2 Å². The molecule has 19 heavy (non-hydrogen) atoms. The lowest BCUT2D eigenvalue weighted by Crippen LogP contribution is -2.36. The summed E-state index contributed by atoms with van der Waals surface area (Å²) in [6, 6.07) is 7.49. The number of rotatable bonds is 1. The van der Waals surface area contributed by atoms with Crippen LogP contribution in [0.5, 0.6) is 0 Å². The van der Waals surface area contributed by atoms with Gasteiger partial charge in [0, 0.05) is 18.3 Å². The van der Waals surface area contributed by atoms with Gasteiger partial charge in [-0.05, 0) is 12.1 Å². The van der Waals surface area contributed by atoms with Crippen molar-refractivity contribution < 1.29 is 4.79 Å². The molecule has 0 saturated carbocycles. The molecule has 6 nitrogen and oxygen atoms in total. The molecule has 1 aromatic carbocycles. The van der Waals surface area contributed by atoms with E-state index in [1.54, 1.807) is 0 Å². The van der Waals surface area contributed by atoms with Crippen molar-refractivity contribution in [3.63, 3.8) is 0 Å². The summed E-state index contributed by atoms with van der Waals surface area (Å²) in [6.45, 7) is 0.287. The molecule has 0 radical (unpaired) electrons. The highest BCUT2D eigenvalue weighted by molar-refractivity contribution is 6.02. The lowest BCUT2D eigenvalue weighted by atomic mass is 10.1. The van der Waals surface area contributed by atoms with Gasteiger partial charge in [0.2, 0.25) is 5.91 Å². The van der Waals surface area contributed by atoms with Crippen LogP contribution in [-0.4, -0.2) is 29.5 Å². The first kappa shape index (κ1) is 11.5. The number of nitrogens with zero attached hydrogens (tertiary/aromatic N) is 3. The SMILES string of the molecule is CN1CC(=O)Nc2ncnc(-c3cccc(N)c3)c21. The van der Waals surface area contributed by atoms with Gasteiger partial charge in [0.05, 0.1) is 12.2 Å². The minimum absolute atomic E-state index is 0.0766. The third-order valence-corrected chi connectivity index (χ3v) is 3.00. The molecule has 0 unspecified atom stereocenters. The molecule has 96 valence electrons. The van der Waals surface area contributed by atoms with Gasteiger partial charge >= 0.3 is 0 Å². The summed E-state index contributed by atoms with van der Waals surface area (Å²) >= 11 is 0. The van der Waals surface area contributed by atoms with Crippen LogP contribution >= 0.6 is 0 Å². The summed E-state index contributed by atoms with van der Waals surface area (Å²) in [4.78, 5) is 21.8. The van der Waals surface area contributed by atoms with Gasteiger partial charge in [-0.15, -0.1) is 0 Å². The van der Waals surface area contributed by atoms with E-state index in [1.165, 1.54) is 6.33 Å². The van der Waals surface area contributed by atoms with Crippen LogP contribution in [0.2, 0.25) is 0 Å². The first-order valence-corrected chi connectivity index (χ1v) is 5.87. The molecular formula is C13H13N5O. The number of anilines is 3. The molecule has 2 aromatic rings. The Hall–Kier alpha value is -2.63. The second kappa shape index (κ2) is 4.24. The number of nitrogens with one attached hydrogen (secondary N) is 1. The zero-order valence-electron chi connectivity index (χ0n) is 10.4. The Labute approximate surface area is 110 Å². The largest absolute Gasteiger partial charge is 0.399 e. The predicted molar refractivity (Wildman–Crippen MR) is 73.8 cm³/mol. The highest BCUT2D eigenvalue weighted by Gasteiger charge is 2.24. The van der Waals surface area contributed by atoms with Crippen molar-refractivity contribution in [3.05, 3.63) is 30.6 Å². The van der Waals surface area contributed by atoms with Crippen molar-refractivity contribution in [1.82, 2.24) is 9.97 Å². The number of hydrogen-bond donors (Lipinski definition) is 2. The van der Waals surface area contributed by atoms with Crippen molar-refractivity contribution in [2.45, 2.75) is 0 Å². The minimum atomic E-state index is -0.0766. The summed E-state index contributed by atoms with van der Waals surface area (Å²) in [5.41, 5.74) is 8.96. The average molecular weight is 255 g/mol. The Balaban J connectivity index is 2.18. The number of carbonyl (C=O) groups is 1. The Morgan fingerprint density at radius 1 is 1.37 bits per heavy atom. The number of likely N-dealkylation sites (N-methyl/N-ethyl adjacent to an activating group) is 1. The van der Waals surface area contributed by atoms with E-state index in [-0.39, 0.29) is 12.5 Å². The molecule has 3 rings (SSSR count). The summed E-state index contributed by atoms with van der Waals surface area (Å²) in [5, 5.41) is 2.75. The maximum Gasteiger partial charge on any atom is 0.245 e. The highest BCUT2D eigenvalue weighted by atomic mass is 16.2. The van der Waals surface area contributed by atoms with Crippen LogP contribution in [0.15, 0.2) is 30.6 Å². The lowest BCUT2D eigenvalue weighted by molar-refractivity contribution is -0.115. The van der Waals surface area contributed by atoms with Gasteiger partial charge in [-0.1, -0.05) is 12.1 Å². The van der Waals surface area contributed by atoms with E-state index < -0.39 is 0 Å². The van der Waals surface area contributed by atoms with Crippen molar-refractivity contribution in [3.8, 4) is 11.3 Å². The quantitative estimate of drug-likeness (QED) is 0.746. The number of nitrogens with two attached hydrogens (primary N) is 1. The molecule has 0 spiro atoms. The van der Waals surface area contributed by atoms with Gasteiger partial charge in [-0.25, -0.2) is 9.97 Å². The molecule has 1 aliphatic heterocycles. The summed E-state index contributed by atoms with van der Waals surface area (Å²) < 4.78 is 0. The number of aromatic nitrogens is 2. The standard InChI is InChI=1S/C13H13N5O/c1-18-6-10(19)17-13-12(18)11(15-7-16-13)8-3-2-4-9(14)5-8/h2-5,7H,6,14H2,1H3,(H,15,16,17,19). The Morgan fingerprint density at radius 2 is 2.21 bits per heavy atom. The fraction of sp³-hybridized carbons (Fsp3) is 0.154. The average Bonchev–Trinajstić information content (AvgIpc) is 2.37. The van der Waals surface area contributed by atoms with Gasteiger partial charge in [-0.2, -0.15) is 0 Å². The van der Waals surface area contributed by atoms with Crippen LogP contribution in [0.3, 0.4) is 0 Å². The molecule has 2 heterocycles. The van der Waals surface area contributed by atoms with Crippen molar-refractivity contribution in [1.29, 1.82) is 0 Å². The Kier molecular flexibility index (Phi) is 2.56. The Bertz CT molecular complexity index is 655. The molecule has 0 aliphatic carbocycles. The number of carbonyl (C=O) groups excluding carboxylic acids is 1. The first-order valence-electron chi connectivity index (χ1n) is 5.87. The van der Waals surface area contributed by atoms with Crippen LogP contribution < -0.4 is 16.0 Å². The van der Waals surface area contributed by atoms with Gasteiger partial charge in [0.25, 0.3) is 0 Å². The van der Waals surface area contributed by atoms with E-state index in [9.17, 15) is 4.79 Å². The topological polar surface area (TPSA) is 84.1 Å². The number of hydrogen-bond acceptors (Lipinski definition) is 5. The molecule has 1 amide bonds. The van der Waals surface area contributed by atoms with Gasteiger partial charge in [0.15, 0.2) is 5.82 Å². The van der Waals surface area contributed by atoms with Gasteiger partial charge < -0.3 is 16.0 Å². The molecule has 0 saturated heterocycles. The predicted octanol–water partition coefficient (Wildman–Crippen LogP) is 1.11. The van der Waals surface area contributed by atoms with Crippen molar-refractivity contribution in [2.24, 2.45) is 0 Å². The molecule has 0 fully saturated rings. The van der Waals surface area contributed by atoms with Crippen LogP contribution in [0.1, 0.15) is 0 Å². The zero-order valence-corrected chi connectivity index (χ0v) is 10.4. The van der Waals surface area contributed by atoms with E-state index in [4.69, 9.17) is 5.73 Å². The number of amides is 1. The molecule has 3 N–H and O–H groups in total. The zero-order chi connectivity index (χ0) is 13.4. The molecule has 1 aliphatic rings. The minimum Gasteiger partial charge on any atom is -0.399 e. The summed E-state index contributed by atoms with van der Waals surface area (Å²) in [5.74, 6) is 0.457. The molecule has 0 bridgehead atoms. The number of benzene rings is 1. The molecular weight excluding hydrogens is 242 g/mol. The first-order chi connectivity index (χ1) is 9.15. The lowest BCUT2D eigenvalue weighted by Gasteiger charge is -2.27. The van der Waals surface area contributed by atoms with Crippen LogP contribution in [0, 0.1) is 0 Å². The summed E-state index contributed by atoms with van der Waals surface area (Å²) in [6.07, 6.45) is 1.44. The normalized spacial score (nSPS) is 13.9. The maximum atomic E-state index is 11.5. The molecule has 0 atom stereocenters.